The van der Waals surface area contributed by atoms with Gasteiger partial charge in [0.1, 0.15) is 11.8 Å². The van der Waals surface area contributed by atoms with E-state index in [1.165, 1.54) is 5.56 Å². The van der Waals surface area contributed by atoms with Crippen LogP contribution in [0.4, 0.5) is 0 Å². The molecule has 0 saturated heterocycles. The summed E-state index contributed by atoms with van der Waals surface area (Å²) >= 11 is 0. The maximum absolute atomic E-state index is 5.46. The van der Waals surface area contributed by atoms with Gasteiger partial charge >= 0.3 is 0 Å². The Morgan fingerprint density at radius 3 is 2.06 bits per heavy atom. The number of hydrogen-bond donors (Lipinski definition) is 0. The summed E-state index contributed by atoms with van der Waals surface area (Å²) in [5, 5.41) is 4.16. The first-order valence-corrected chi connectivity index (χ1v) is 11.9. The number of nitrogens with zero attached hydrogens (tertiary/aromatic N) is 5. The highest BCUT2D eigenvalue weighted by molar-refractivity contribution is 5.95. The highest BCUT2D eigenvalue weighted by atomic mass is 16.5. The molecule has 0 unspecified atom stereocenters. The van der Waals surface area contributed by atoms with Crippen molar-refractivity contribution in [1.82, 2.24) is 24.7 Å². The van der Waals surface area contributed by atoms with Crippen LogP contribution in [0.25, 0.3) is 33.3 Å². The van der Waals surface area contributed by atoms with E-state index in [2.05, 4.69) is 53.2 Å². The second kappa shape index (κ2) is 8.89. The third kappa shape index (κ3) is 3.77. The highest BCUT2D eigenvalue weighted by Crippen LogP contribution is 2.37. The van der Waals surface area contributed by atoms with Gasteiger partial charge in [-0.25, -0.2) is 0 Å². The molecular weight excluding hydrogens is 446 g/mol. The Hall–Kier alpha value is -4.58. The molecule has 36 heavy (non-hydrogen) atoms. The molecule has 6 aromatic rings. The number of aryl methyl sites for hydroxylation is 3. The number of hydrogen-bond acceptors (Lipinski definition) is 5. The van der Waals surface area contributed by atoms with E-state index < -0.39 is 0 Å². The van der Waals surface area contributed by atoms with E-state index in [1.54, 1.807) is 0 Å². The number of rotatable bonds is 5. The summed E-state index contributed by atoms with van der Waals surface area (Å²) in [5.74, 6) is 0.775. The molecule has 0 bridgehead atoms. The quantitative estimate of drug-likeness (QED) is 0.279. The van der Waals surface area contributed by atoms with Gasteiger partial charge in [-0.3, -0.25) is 15.0 Å². The number of fused-ring (bicyclic) bond motifs is 1. The Labute approximate surface area is 209 Å². The molecule has 0 aliphatic heterocycles. The summed E-state index contributed by atoms with van der Waals surface area (Å²) in [6.07, 6.45) is 7.73. The monoisotopic (exact) mass is 471 g/mol. The van der Waals surface area contributed by atoms with Gasteiger partial charge in [0, 0.05) is 41.5 Å². The zero-order valence-corrected chi connectivity index (χ0v) is 20.4. The van der Waals surface area contributed by atoms with Crippen molar-refractivity contribution in [3.05, 3.63) is 120 Å². The SMILES string of the molecule is Cc1ccc(-c2cn(C(c3ccccn3)c3ccccn3)c3cc(-c4c(C)noc4C)cnc23)cc1. The maximum atomic E-state index is 5.46. The lowest BCUT2D eigenvalue weighted by Crippen LogP contribution is -2.14. The first-order valence-electron chi connectivity index (χ1n) is 11.9. The molecule has 1 aromatic carbocycles. The fourth-order valence-electron chi connectivity index (χ4n) is 4.83. The molecule has 0 N–H and O–H groups in total. The van der Waals surface area contributed by atoms with Crippen molar-refractivity contribution >= 4 is 11.0 Å². The molecule has 6 rings (SSSR count). The van der Waals surface area contributed by atoms with Gasteiger partial charge < -0.3 is 9.09 Å². The molecule has 6 heteroatoms. The summed E-state index contributed by atoms with van der Waals surface area (Å²) in [6.45, 7) is 5.98. The lowest BCUT2D eigenvalue weighted by Gasteiger charge is -2.19. The molecule has 0 saturated carbocycles. The summed E-state index contributed by atoms with van der Waals surface area (Å²) in [4.78, 5) is 14.4. The number of benzene rings is 1. The molecule has 5 aromatic heterocycles. The molecule has 0 radical (unpaired) electrons. The fourth-order valence-corrected chi connectivity index (χ4v) is 4.83. The van der Waals surface area contributed by atoms with Gasteiger partial charge in [0.2, 0.25) is 0 Å². The molecule has 0 atom stereocenters. The van der Waals surface area contributed by atoms with Crippen molar-refractivity contribution in [1.29, 1.82) is 0 Å². The normalized spacial score (nSPS) is 11.4. The van der Waals surface area contributed by atoms with Crippen molar-refractivity contribution in [2.24, 2.45) is 0 Å². The van der Waals surface area contributed by atoms with Gasteiger partial charge in [0.15, 0.2) is 0 Å². The van der Waals surface area contributed by atoms with Crippen molar-refractivity contribution < 1.29 is 4.52 Å². The Morgan fingerprint density at radius 1 is 0.778 bits per heavy atom. The largest absolute Gasteiger partial charge is 0.361 e. The third-order valence-corrected chi connectivity index (χ3v) is 6.57. The minimum Gasteiger partial charge on any atom is -0.361 e. The van der Waals surface area contributed by atoms with Crippen molar-refractivity contribution in [2.45, 2.75) is 26.8 Å². The van der Waals surface area contributed by atoms with Crippen molar-refractivity contribution in [3.63, 3.8) is 0 Å². The average molecular weight is 472 g/mol. The van der Waals surface area contributed by atoms with Gasteiger partial charge in [-0.05, 0) is 56.7 Å². The average Bonchev–Trinajstić information content (AvgIpc) is 3.45. The van der Waals surface area contributed by atoms with Crippen LogP contribution < -0.4 is 0 Å². The Kier molecular flexibility index (Phi) is 5.41. The predicted octanol–water partition coefficient (Wildman–Crippen LogP) is 6.71. The van der Waals surface area contributed by atoms with Crippen LogP contribution >= 0.6 is 0 Å². The highest BCUT2D eigenvalue weighted by Gasteiger charge is 2.24. The van der Waals surface area contributed by atoms with Crippen LogP contribution in [0.1, 0.15) is 34.4 Å². The Balaban J connectivity index is 1.66. The van der Waals surface area contributed by atoms with E-state index in [-0.39, 0.29) is 6.04 Å². The van der Waals surface area contributed by atoms with Gasteiger partial charge in [0.25, 0.3) is 0 Å². The van der Waals surface area contributed by atoms with E-state index in [0.29, 0.717) is 0 Å². The topological polar surface area (TPSA) is 69.6 Å². The maximum Gasteiger partial charge on any atom is 0.141 e. The summed E-state index contributed by atoms with van der Waals surface area (Å²) in [5.41, 5.74) is 9.91. The molecular formula is C30H25N5O. The Morgan fingerprint density at radius 2 is 1.47 bits per heavy atom. The third-order valence-electron chi connectivity index (χ3n) is 6.57. The summed E-state index contributed by atoms with van der Waals surface area (Å²) in [7, 11) is 0. The lowest BCUT2D eigenvalue weighted by atomic mass is 10.0. The molecule has 0 aliphatic rings. The standard InChI is InChI=1S/C30H25N5O/c1-19-10-12-22(13-11-19)24-18-35(30(25-8-4-6-14-31-25)26-9-5-7-15-32-26)27-16-23(17-33-29(24)27)28-20(2)34-36-21(28)3/h4-18,30H,1-3H3. The van der Waals surface area contributed by atoms with Gasteiger partial charge in [-0.2, -0.15) is 0 Å². The van der Waals surface area contributed by atoms with E-state index in [9.17, 15) is 0 Å². The van der Waals surface area contributed by atoms with E-state index in [0.717, 1.165) is 56.1 Å². The molecule has 5 heterocycles. The first kappa shape index (κ1) is 21.9. The van der Waals surface area contributed by atoms with Crippen LogP contribution in [-0.2, 0) is 0 Å². The Bertz CT molecular complexity index is 1590. The van der Waals surface area contributed by atoms with Crippen LogP contribution in [0.2, 0.25) is 0 Å². The molecule has 0 aliphatic carbocycles. The molecule has 0 fully saturated rings. The second-order valence-corrected chi connectivity index (χ2v) is 9.02. The van der Waals surface area contributed by atoms with Crippen LogP contribution in [0, 0.1) is 20.8 Å². The summed E-state index contributed by atoms with van der Waals surface area (Å²) < 4.78 is 7.70. The van der Waals surface area contributed by atoms with Gasteiger partial charge in [0.05, 0.1) is 28.1 Å². The molecule has 0 amide bonds. The van der Waals surface area contributed by atoms with E-state index in [1.807, 2.05) is 68.8 Å². The second-order valence-electron chi connectivity index (χ2n) is 9.02. The van der Waals surface area contributed by atoms with Crippen LogP contribution in [-0.4, -0.2) is 24.7 Å². The lowest BCUT2D eigenvalue weighted by molar-refractivity contribution is 0.393. The molecule has 6 nitrogen and oxygen atoms in total. The summed E-state index contributed by atoms with van der Waals surface area (Å²) in [6, 6.07) is 22.5. The number of pyridine rings is 3. The number of aromatic nitrogens is 5. The molecule has 0 spiro atoms. The minimum atomic E-state index is -0.226. The van der Waals surface area contributed by atoms with Crippen molar-refractivity contribution in [2.75, 3.05) is 0 Å². The fraction of sp³-hybridized carbons (Fsp3) is 0.133. The molecule has 176 valence electrons. The van der Waals surface area contributed by atoms with Crippen LogP contribution in [0.5, 0.6) is 0 Å². The van der Waals surface area contributed by atoms with E-state index >= 15 is 0 Å². The first-order chi connectivity index (χ1) is 17.6. The van der Waals surface area contributed by atoms with E-state index in [4.69, 9.17) is 19.5 Å². The van der Waals surface area contributed by atoms with Crippen LogP contribution in [0.3, 0.4) is 0 Å². The van der Waals surface area contributed by atoms with Crippen LogP contribution in [0.15, 0.2) is 96.0 Å². The van der Waals surface area contributed by atoms with Crippen molar-refractivity contribution in [3.8, 4) is 22.3 Å². The van der Waals surface area contributed by atoms with Gasteiger partial charge in [-0.15, -0.1) is 0 Å². The van der Waals surface area contributed by atoms with Gasteiger partial charge in [-0.1, -0.05) is 47.1 Å². The smallest absolute Gasteiger partial charge is 0.141 e. The minimum absolute atomic E-state index is 0.226. The zero-order chi connectivity index (χ0) is 24.6. The predicted molar refractivity (Wildman–Crippen MR) is 141 cm³/mol. The zero-order valence-electron chi connectivity index (χ0n) is 20.4.